The number of nitrogens with zero attached hydrogens (tertiary/aromatic N) is 2. The molecule has 1 saturated heterocycles. The summed E-state index contributed by atoms with van der Waals surface area (Å²) in [5, 5.41) is 5.68. The van der Waals surface area contributed by atoms with Crippen LogP contribution in [0.5, 0.6) is 17.4 Å². The van der Waals surface area contributed by atoms with Crippen LogP contribution in [0.4, 0.5) is 18.0 Å². The predicted molar refractivity (Wildman–Crippen MR) is 213 cm³/mol. The van der Waals surface area contributed by atoms with Crippen LogP contribution < -0.4 is 29.6 Å². The molecular weight excluding hydrogens is 812 g/mol. The largest absolute Gasteiger partial charge is 0.497 e. The first-order chi connectivity index (χ1) is 28.2. The van der Waals surface area contributed by atoms with Gasteiger partial charge in [-0.3, -0.25) is 19.1 Å². The van der Waals surface area contributed by atoms with E-state index in [1.54, 1.807) is 31.2 Å². The van der Waals surface area contributed by atoms with Crippen LogP contribution in [0.1, 0.15) is 86.0 Å². The van der Waals surface area contributed by atoms with Crippen LogP contribution in [0.25, 0.3) is 10.8 Å². The quantitative estimate of drug-likeness (QED) is 0.248. The Kier molecular flexibility index (Phi) is 12.9. The molecule has 3 fully saturated rings. The number of carbonyl (C=O) groups is 4. The second-order valence-corrected chi connectivity index (χ2v) is 18.7. The number of hydrogen-bond acceptors (Lipinski definition) is 11. The number of amides is 4. The van der Waals surface area contributed by atoms with E-state index in [0.717, 1.165) is 0 Å². The molecule has 3 heterocycles. The number of fused-ring (bicyclic) bond motifs is 3. The summed E-state index contributed by atoms with van der Waals surface area (Å²) < 4.78 is 92.0. The number of benzene rings is 1. The van der Waals surface area contributed by atoms with E-state index in [1.165, 1.54) is 18.2 Å². The van der Waals surface area contributed by atoms with Gasteiger partial charge >= 0.3 is 12.3 Å². The Balaban J connectivity index is 1.38. The lowest BCUT2D eigenvalue weighted by Crippen LogP contribution is -2.59. The Morgan fingerprint density at radius 1 is 1.08 bits per heavy atom. The van der Waals surface area contributed by atoms with Crippen molar-refractivity contribution in [2.75, 3.05) is 20.3 Å². The van der Waals surface area contributed by atoms with Crippen LogP contribution in [-0.2, 0) is 29.1 Å². The number of ether oxygens (including phenoxy) is 4. The minimum absolute atomic E-state index is 0.0386. The van der Waals surface area contributed by atoms with Crippen molar-refractivity contribution in [3.63, 3.8) is 0 Å². The number of alkyl carbamates (subject to hydrolysis) is 1. The van der Waals surface area contributed by atoms with Gasteiger partial charge in [0.05, 0.1) is 31.7 Å². The van der Waals surface area contributed by atoms with Crippen molar-refractivity contribution in [1.29, 1.82) is 0 Å². The minimum atomic E-state index is -4.92. The molecule has 2 saturated carbocycles. The van der Waals surface area contributed by atoms with Gasteiger partial charge in [0.2, 0.25) is 33.3 Å². The zero-order valence-corrected chi connectivity index (χ0v) is 35.4. The molecule has 0 spiro atoms. The normalized spacial score (nSPS) is 28.2. The molecule has 4 amide bonds. The average molecular weight is 866 g/mol. The van der Waals surface area contributed by atoms with Crippen LogP contribution in [0, 0.1) is 17.8 Å². The summed E-state index contributed by atoms with van der Waals surface area (Å²) in [6.07, 6.45) is 0.509. The standard InChI is InChI=1S/C41H54F3N5O10S/c1-7-24-17-23(3)11-9-10-12-25-20-40(25,37(52)48-60(54,55)28-14-15-28)47-34(50)31-19-27(22-49(31)36(51)33(24)46-38(53)59-39(4,5)41(42,43)44)58-35-29-16-13-26(56-6)18-30(29)32(21-45-35)57-8-2/h10,12-13,16,18,21,23-25,27-28,31,33H,7-9,11,14-15,17,19-20,22H2,1-6H3,(H,46,53)(H,47,50)(H,48,52)/b12-10-/t23-,24-,25-,27-,31+,33+,40-/m1/s1. The summed E-state index contributed by atoms with van der Waals surface area (Å²) >= 11 is 0. The van der Waals surface area contributed by atoms with Gasteiger partial charge in [-0.2, -0.15) is 13.2 Å². The minimum Gasteiger partial charge on any atom is -0.497 e. The van der Waals surface area contributed by atoms with Crippen molar-refractivity contribution in [3.05, 3.63) is 36.5 Å². The van der Waals surface area contributed by atoms with E-state index in [2.05, 4.69) is 20.3 Å². The smallest absolute Gasteiger partial charge is 0.427 e. The van der Waals surface area contributed by atoms with Gasteiger partial charge in [-0.25, -0.2) is 18.2 Å². The molecule has 60 heavy (non-hydrogen) atoms. The van der Waals surface area contributed by atoms with E-state index in [4.69, 9.17) is 18.9 Å². The number of nitrogens with one attached hydrogen (secondary N) is 3. The van der Waals surface area contributed by atoms with E-state index in [-0.39, 0.29) is 31.2 Å². The fraction of sp³-hybridized carbons (Fsp3) is 0.634. The summed E-state index contributed by atoms with van der Waals surface area (Å²) in [5.41, 5.74) is -4.53. The van der Waals surface area contributed by atoms with Crippen LogP contribution in [0.3, 0.4) is 0 Å². The van der Waals surface area contributed by atoms with E-state index >= 15 is 0 Å². The number of pyridine rings is 1. The number of sulfonamides is 1. The molecule has 6 rings (SSSR count). The lowest BCUT2D eigenvalue weighted by molar-refractivity contribution is -0.244. The topological polar surface area (TPSA) is 192 Å². The zero-order chi connectivity index (χ0) is 43.8. The number of carbonyl (C=O) groups excluding carboxylic acids is 4. The summed E-state index contributed by atoms with van der Waals surface area (Å²) in [7, 11) is -2.47. The molecular formula is C41H54F3N5O10S. The highest BCUT2D eigenvalue weighted by molar-refractivity contribution is 7.91. The van der Waals surface area contributed by atoms with Crippen LogP contribution >= 0.6 is 0 Å². The molecule has 1 aromatic carbocycles. The third-order valence-corrected chi connectivity index (χ3v) is 13.7. The summed E-state index contributed by atoms with van der Waals surface area (Å²) in [4.78, 5) is 62.3. The summed E-state index contributed by atoms with van der Waals surface area (Å²) in [6.45, 7) is 7.08. The fourth-order valence-electron chi connectivity index (χ4n) is 7.98. The van der Waals surface area contributed by atoms with Crippen molar-refractivity contribution >= 4 is 44.6 Å². The van der Waals surface area contributed by atoms with Gasteiger partial charge < -0.3 is 34.5 Å². The molecule has 0 unspecified atom stereocenters. The number of aromatic nitrogens is 1. The first-order valence-corrected chi connectivity index (χ1v) is 22.0. The number of alkyl halides is 3. The van der Waals surface area contributed by atoms with E-state index in [9.17, 15) is 40.8 Å². The molecule has 2 aliphatic heterocycles. The van der Waals surface area contributed by atoms with Crippen LogP contribution in [-0.4, -0.2) is 103 Å². The first-order valence-electron chi connectivity index (χ1n) is 20.4. The molecule has 15 nitrogen and oxygen atoms in total. The van der Waals surface area contributed by atoms with E-state index in [0.29, 0.717) is 81.3 Å². The van der Waals surface area contributed by atoms with Crippen molar-refractivity contribution in [2.24, 2.45) is 17.8 Å². The molecule has 0 bridgehead atoms. The lowest BCUT2D eigenvalue weighted by atomic mass is 9.85. The molecule has 330 valence electrons. The van der Waals surface area contributed by atoms with Crippen molar-refractivity contribution in [3.8, 4) is 17.4 Å². The fourth-order valence-corrected chi connectivity index (χ4v) is 9.35. The van der Waals surface area contributed by atoms with Gasteiger partial charge in [0.15, 0.2) is 0 Å². The molecule has 0 radical (unpaired) electrons. The number of methoxy groups -OCH3 is 1. The van der Waals surface area contributed by atoms with Gasteiger partial charge in [-0.15, -0.1) is 0 Å². The third kappa shape index (κ3) is 9.55. The van der Waals surface area contributed by atoms with Crippen molar-refractivity contribution in [1.82, 2.24) is 25.2 Å². The maximum atomic E-state index is 14.9. The Morgan fingerprint density at radius 2 is 1.82 bits per heavy atom. The number of hydrogen-bond donors (Lipinski definition) is 3. The Hall–Kier alpha value is -4.81. The molecule has 2 aromatic rings. The molecule has 7 atom stereocenters. The Morgan fingerprint density at radius 3 is 2.47 bits per heavy atom. The van der Waals surface area contributed by atoms with Crippen molar-refractivity contribution in [2.45, 2.75) is 127 Å². The molecule has 19 heteroatoms. The first kappa shape index (κ1) is 44.7. The van der Waals surface area contributed by atoms with E-state index < -0.39 is 86.4 Å². The molecule has 3 N–H and O–H groups in total. The Labute approximate surface area is 347 Å². The van der Waals surface area contributed by atoms with Gasteiger partial charge in [0.1, 0.15) is 35.2 Å². The Bertz CT molecular complexity index is 2110. The number of allylic oxidation sites excluding steroid dienone is 1. The third-order valence-electron chi connectivity index (χ3n) is 11.9. The second-order valence-electron chi connectivity index (χ2n) is 16.7. The number of halogens is 3. The van der Waals surface area contributed by atoms with E-state index in [1.807, 2.05) is 19.9 Å². The van der Waals surface area contributed by atoms with Gasteiger partial charge in [0, 0.05) is 23.1 Å². The molecule has 2 aliphatic carbocycles. The SMILES string of the molecule is CCOc1cnc(O[C@@H]2C[C@H]3C(=O)N[C@]4(C(=O)NS(=O)(=O)C5CC5)C[C@H]4/C=C\CC[C@@H](C)C[C@@H](CC)[C@H](NC(=O)OC(C)(C)C(F)(F)F)C(=O)N3C2)c2ccc(OC)cc12. The summed E-state index contributed by atoms with van der Waals surface area (Å²) in [6, 6.07) is 2.41. The highest BCUT2D eigenvalue weighted by atomic mass is 32.2. The molecule has 4 aliphatic rings. The highest BCUT2D eigenvalue weighted by Gasteiger charge is 2.62. The maximum Gasteiger partial charge on any atom is 0.427 e. The van der Waals surface area contributed by atoms with Gasteiger partial charge in [0.25, 0.3) is 5.91 Å². The lowest BCUT2D eigenvalue weighted by Gasteiger charge is -2.35. The van der Waals surface area contributed by atoms with Crippen LogP contribution in [0.15, 0.2) is 36.5 Å². The predicted octanol–water partition coefficient (Wildman–Crippen LogP) is 5.31. The monoisotopic (exact) mass is 865 g/mol. The maximum absolute atomic E-state index is 14.9. The molecule has 1 aromatic heterocycles. The number of rotatable bonds is 11. The van der Waals surface area contributed by atoms with Crippen molar-refractivity contribution < 1.29 is 59.7 Å². The van der Waals surface area contributed by atoms with Gasteiger partial charge in [-0.1, -0.05) is 32.4 Å². The summed E-state index contributed by atoms with van der Waals surface area (Å²) in [5.74, 6) is -2.48. The highest BCUT2D eigenvalue weighted by Crippen LogP contribution is 2.46. The average Bonchev–Trinajstić information content (AvgIpc) is 4.11. The zero-order valence-electron chi connectivity index (χ0n) is 34.6. The van der Waals surface area contributed by atoms with Crippen LogP contribution in [0.2, 0.25) is 0 Å². The van der Waals surface area contributed by atoms with Gasteiger partial charge in [-0.05, 0) is 89.3 Å². The second kappa shape index (κ2) is 17.3.